The second-order valence-electron chi connectivity index (χ2n) is 4.52. The fourth-order valence-electron chi connectivity index (χ4n) is 1.90. The van der Waals surface area contributed by atoms with Crippen molar-refractivity contribution in [3.63, 3.8) is 0 Å². The van der Waals surface area contributed by atoms with Gasteiger partial charge in [-0.15, -0.1) is 5.10 Å². The second kappa shape index (κ2) is 6.42. The highest BCUT2D eigenvalue weighted by molar-refractivity contribution is 6.31. The van der Waals surface area contributed by atoms with Crippen molar-refractivity contribution in [1.29, 1.82) is 0 Å². The topological polar surface area (TPSA) is 124 Å². The van der Waals surface area contributed by atoms with Gasteiger partial charge in [0.1, 0.15) is 5.56 Å². The zero-order chi connectivity index (χ0) is 17.1. The summed E-state index contributed by atoms with van der Waals surface area (Å²) in [5, 5.41) is 21.0. The summed E-state index contributed by atoms with van der Waals surface area (Å²) in [5.74, 6) is -0.609. The minimum atomic E-state index is -0.783. The number of nitrogens with zero attached hydrogens (tertiary/aromatic N) is 4. The van der Waals surface area contributed by atoms with Crippen LogP contribution in [0.2, 0.25) is 5.02 Å². The Morgan fingerprint density at radius 2 is 1.96 bits per heavy atom. The lowest BCUT2D eigenvalue weighted by atomic mass is 10.1. The summed E-state index contributed by atoms with van der Waals surface area (Å²) < 4.78 is 5.31. The van der Waals surface area contributed by atoms with Crippen molar-refractivity contribution < 1.29 is 14.1 Å². The zero-order valence-corrected chi connectivity index (χ0v) is 12.6. The Morgan fingerprint density at radius 1 is 1.21 bits per heavy atom. The number of nitro groups is 1. The van der Waals surface area contributed by atoms with E-state index in [1.165, 1.54) is 12.1 Å². The summed E-state index contributed by atoms with van der Waals surface area (Å²) in [6.45, 7) is 0. The van der Waals surface area contributed by atoms with Crippen molar-refractivity contribution in [1.82, 2.24) is 15.2 Å². The Hall–Kier alpha value is -3.33. The van der Waals surface area contributed by atoms with Crippen molar-refractivity contribution >= 4 is 29.2 Å². The first-order valence-electron chi connectivity index (χ1n) is 6.54. The van der Waals surface area contributed by atoms with Crippen LogP contribution in [-0.4, -0.2) is 26.0 Å². The van der Waals surface area contributed by atoms with Crippen LogP contribution in [0.4, 0.5) is 11.7 Å². The highest BCUT2D eigenvalue weighted by Crippen LogP contribution is 2.24. The van der Waals surface area contributed by atoms with E-state index in [0.29, 0.717) is 5.56 Å². The number of anilines is 1. The molecule has 3 rings (SSSR count). The molecule has 0 spiro atoms. The average molecular weight is 346 g/mol. The van der Waals surface area contributed by atoms with Gasteiger partial charge in [-0.2, -0.15) is 0 Å². The van der Waals surface area contributed by atoms with Gasteiger partial charge in [0.25, 0.3) is 11.6 Å². The van der Waals surface area contributed by atoms with Crippen molar-refractivity contribution in [2.24, 2.45) is 0 Å². The first kappa shape index (κ1) is 15.6. The van der Waals surface area contributed by atoms with Gasteiger partial charge in [0.05, 0.1) is 4.92 Å². The first-order chi connectivity index (χ1) is 11.5. The smallest absolute Gasteiger partial charge is 0.322 e. The van der Waals surface area contributed by atoms with Crippen LogP contribution >= 0.6 is 11.6 Å². The molecule has 0 saturated heterocycles. The Bertz CT molecular complexity index is 913. The normalized spacial score (nSPS) is 10.4. The van der Waals surface area contributed by atoms with Gasteiger partial charge in [-0.05, 0) is 24.3 Å². The molecule has 1 aromatic carbocycles. The molecule has 0 saturated carbocycles. The lowest BCUT2D eigenvalue weighted by molar-refractivity contribution is -0.385. The quantitative estimate of drug-likeness (QED) is 0.569. The summed E-state index contributed by atoms with van der Waals surface area (Å²) >= 11 is 5.79. The van der Waals surface area contributed by atoms with Crippen LogP contribution in [0, 0.1) is 10.1 Å². The molecule has 2 heterocycles. The molecule has 120 valence electrons. The summed E-state index contributed by atoms with van der Waals surface area (Å²) in [6.07, 6.45) is 3.10. The largest absolute Gasteiger partial charge is 0.403 e. The van der Waals surface area contributed by atoms with Gasteiger partial charge in [0.15, 0.2) is 0 Å². The SMILES string of the molecule is O=C(Nc1nnc(-c2ccncc2)o1)c1cc(Cl)ccc1[N+](=O)[O-]. The zero-order valence-electron chi connectivity index (χ0n) is 11.8. The summed E-state index contributed by atoms with van der Waals surface area (Å²) in [4.78, 5) is 26.4. The van der Waals surface area contributed by atoms with Crippen molar-refractivity contribution in [3.8, 4) is 11.5 Å². The molecule has 0 bridgehead atoms. The van der Waals surface area contributed by atoms with Gasteiger partial charge in [0.2, 0.25) is 5.89 Å². The molecule has 2 aromatic heterocycles. The molecule has 9 nitrogen and oxygen atoms in total. The second-order valence-corrected chi connectivity index (χ2v) is 4.96. The molecule has 1 amide bonds. The number of carbonyl (C=O) groups excluding carboxylic acids is 1. The Balaban J connectivity index is 1.85. The summed E-state index contributed by atoms with van der Waals surface area (Å²) in [6, 6.07) is 6.77. The Kier molecular flexibility index (Phi) is 4.17. The maximum Gasteiger partial charge on any atom is 0.322 e. The fraction of sp³-hybridized carbons (Fsp3) is 0. The third kappa shape index (κ3) is 3.20. The van der Waals surface area contributed by atoms with E-state index in [9.17, 15) is 14.9 Å². The standard InChI is InChI=1S/C14H8ClN5O4/c15-9-1-2-11(20(22)23)10(7-9)12(21)17-14-19-18-13(24-14)8-3-5-16-6-4-8/h1-7H,(H,17,19,21). The monoisotopic (exact) mass is 345 g/mol. The van der Waals surface area contributed by atoms with E-state index in [2.05, 4.69) is 20.5 Å². The molecule has 24 heavy (non-hydrogen) atoms. The highest BCUT2D eigenvalue weighted by Gasteiger charge is 2.22. The molecule has 0 aliphatic carbocycles. The highest BCUT2D eigenvalue weighted by atomic mass is 35.5. The van der Waals surface area contributed by atoms with Crippen molar-refractivity contribution in [2.75, 3.05) is 5.32 Å². The van der Waals surface area contributed by atoms with E-state index in [1.54, 1.807) is 24.5 Å². The van der Waals surface area contributed by atoms with Crippen LogP contribution in [0.25, 0.3) is 11.5 Å². The minimum absolute atomic E-state index is 0.174. The van der Waals surface area contributed by atoms with Crippen LogP contribution in [0.3, 0.4) is 0 Å². The van der Waals surface area contributed by atoms with Crippen LogP contribution in [0.5, 0.6) is 0 Å². The van der Waals surface area contributed by atoms with E-state index in [-0.39, 0.29) is 28.2 Å². The van der Waals surface area contributed by atoms with E-state index in [0.717, 1.165) is 6.07 Å². The van der Waals surface area contributed by atoms with Gasteiger partial charge >= 0.3 is 6.01 Å². The van der Waals surface area contributed by atoms with E-state index in [4.69, 9.17) is 16.0 Å². The third-order valence-corrected chi connectivity index (χ3v) is 3.21. The molecule has 10 heteroatoms. The van der Waals surface area contributed by atoms with E-state index in [1.807, 2.05) is 0 Å². The number of carbonyl (C=O) groups is 1. The molecule has 0 atom stereocenters. The van der Waals surface area contributed by atoms with Gasteiger partial charge in [0, 0.05) is 29.0 Å². The van der Waals surface area contributed by atoms with Crippen molar-refractivity contribution in [3.05, 3.63) is 63.4 Å². The molecule has 1 N–H and O–H groups in total. The molecule has 3 aromatic rings. The first-order valence-corrected chi connectivity index (χ1v) is 6.91. The maximum atomic E-state index is 12.2. The summed E-state index contributed by atoms with van der Waals surface area (Å²) in [5.41, 5.74) is 0.0219. The molecule has 0 unspecified atom stereocenters. The number of nitrogens with one attached hydrogen (secondary N) is 1. The number of amides is 1. The van der Waals surface area contributed by atoms with Gasteiger partial charge in [-0.3, -0.25) is 25.2 Å². The number of hydrogen-bond donors (Lipinski definition) is 1. The molecular weight excluding hydrogens is 338 g/mol. The van der Waals surface area contributed by atoms with Crippen LogP contribution < -0.4 is 5.32 Å². The summed E-state index contributed by atoms with van der Waals surface area (Å²) in [7, 11) is 0. The predicted octanol–water partition coefficient (Wildman–Crippen LogP) is 2.95. The van der Waals surface area contributed by atoms with Crippen LogP contribution in [0.1, 0.15) is 10.4 Å². The Morgan fingerprint density at radius 3 is 2.67 bits per heavy atom. The maximum absolute atomic E-state index is 12.2. The fourth-order valence-corrected chi connectivity index (χ4v) is 2.07. The predicted molar refractivity (Wildman–Crippen MR) is 83.6 cm³/mol. The number of pyridine rings is 1. The molecule has 0 aliphatic heterocycles. The lowest BCUT2D eigenvalue weighted by Crippen LogP contribution is -2.14. The van der Waals surface area contributed by atoms with Crippen molar-refractivity contribution in [2.45, 2.75) is 0 Å². The van der Waals surface area contributed by atoms with Gasteiger partial charge in [-0.1, -0.05) is 16.7 Å². The molecular formula is C14H8ClN5O4. The minimum Gasteiger partial charge on any atom is -0.403 e. The molecule has 0 fully saturated rings. The number of halogens is 1. The van der Waals surface area contributed by atoms with E-state index >= 15 is 0 Å². The lowest BCUT2D eigenvalue weighted by Gasteiger charge is -2.02. The van der Waals surface area contributed by atoms with Gasteiger partial charge < -0.3 is 4.42 Å². The Labute approximate surface area is 139 Å². The number of rotatable bonds is 4. The molecule has 0 radical (unpaired) electrons. The van der Waals surface area contributed by atoms with Gasteiger partial charge in [-0.25, -0.2) is 0 Å². The number of nitro benzene ring substituents is 1. The third-order valence-electron chi connectivity index (χ3n) is 2.97. The number of benzene rings is 1. The van der Waals surface area contributed by atoms with E-state index < -0.39 is 10.8 Å². The molecule has 0 aliphatic rings. The number of aromatic nitrogens is 3. The van der Waals surface area contributed by atoms with Crippen LogP contribution in [-0.2, 0) is 0 Å². The average Bonchev–Trinajstić information content (AvgIpc) is 3.03. The van der Waals surface area contributed by atoms with Crippen LogP contribution in [0.15, 0.2) is 47.1 Å². The number of hydrogen-bond acceptors (Lipinski definition) is 7.